The monoisotopic (exact) mass is 364 g/mol. The van der Waals surface area contributed by atoms with Gasteiger partial charge < -0.3 is 11.1 Å². The van der Waals surface area contributed by atoms with Gasteiger partial charge in [-0.3, -0.25) is 4.79 Å². The second kappa shape index (κ2) is 8.69. The van der Waals surface area contributed by atoms with Crippen molar-refractivity contribution in [1.29, 1.82) is 0 Å². The molecule has 2 aromatic rings. The van der Waals surface area contributed by atoms with E-state index in [0.29, 0.717) is 24.7 Å². The zero-order valence-electron chi connectivity index (χ0n) is 13.8. The molecule has 7 heteroatoms. The van der Waals surface area contributed by atoms with E-state index in [2.05, 4.69) is 15.7 Å². The van der Waals surface area contributed by atoms with Gasteiger partial charge in [-0.25, -0.2) is 9.97 Å². The van der Waals surface area contributed by atoms with Crippen molar-refractivity contribution < 1.29 is 4.79 Å². The summed E-state index contributed by atoms with van der Waals surface area (Å²) in [6, 6.07) is 0. The summed E-state index contributed by atoms with van der Waals surface area (Å²) >= 11 is 3.20. The normalized spacial score (nSPS) is 15.5. The lowest BCUT2D eigenvalue weighted by molar-refractivity contribution is 0.0949. The van der Waals surface area contributed by atoms with Gasteiger partial charge in [0.2, 0.25) is 0 Å². The van der Waals surface area contributed by atoms with Crippen molar-refractivity contribution in [3.63, 3.8) is 0 Å². The Bertz CT molecular complexity index is 661. The summed E-state index contributed by atoms with van der Waals surface area (Å²) in [6.07, 6.45) is 8.07. The maximum absolute atomic E-state index is 12.1. The van der Waals surface area contributed by atoms with E-state index in [1.54, 1.807) is 16.7 Å². The molecule has 1 saturated carbocycles. The third-order valence-electron chi connectivity index (χ3n) is 4.36. The SMILES string of the molecule is NCCc1nc(C(=O)NCCc2nc(C3CCCCC3)cs2)cs1. The van der Waals surface area contributed by atoms with E-state index in [-0.39, 0.29) is 5.91 Å². The number of aromatic nitrogens is 2. The first-order valence-corrected chi connectivity index (χ1v) is 10.4. The summed E-state index contributed by atoms with van der Waals surface area (Å²) in [5, 5.41) is 8.96. The molecule has 0 radical (unpaired) electrons. The largest absolute Gasteiger partial charge is 0.350 e. The zero-order valence-corrected chi connectivity index (χ0v) is 15.4. The molecule has 0 aliphatic heterocycles. The van der Waals surface area contributed by atoms with Crippen molar-refractivity contribution >= 4 is 28.6 Å². The molecule has 0 unspecified atom stereocenters. The fraction of sp³-hybridized carbons (Fsp3) is 0.588. The van der Waals surface area contributed by atoms with Crippen LogP contribution >= 0.6 is 22.7 Å². The van der Waals surface area contributed by atoms with Gasteiger partial charge in [0.15, 0.2) is 0 Å². The van der Waals surface area contributed by atoms with Crippen molar-refractivity contribution in [1.82, 2.24) is 15.3 Å². The maximum Gasteiger partial charge on any atom is 0.270 e. The Kier molecular flexibility index (Phi) is 6.34. The Morgan fingerprint density at radius 3 is 2.67 bits per heavy atom. The minimum Gasteiger partial charge on any atom is -0.350 e. The number of nitrogens with zero attached hydrogens (tertiary/aromatic N) is 2. The number of nitrogens with one attached hydrogen (secondary N) is 1. The Morgan fingerprint density at radius 1 is 1.12 bits per heavy atom. The summed E-state index contributed by atoms with van der Waals surface area (Å²) in [6.45, 7) is 1.15. The molecule has 5 nitrogen and oxygen atoms in total. The highest BCUT2D eigenvalue weighted by Gasteiger charge is 2.18. The molecule has 2 heterocycles. The van der Waals surface area contributed by atoms with Gasteiger partial charge in [-0.15, -0.1) is 22.7 Å². The molecule has 24 heavy (non-hydrogen) atoms. The number of thiazole rings is 2. The molecule has 0 bridgehead atoms. The molecule has 0 atom stereocenters. The predicted octanol–water partition coefficient (Wildman–Crippen LogP) is 3.12. The number of amides is 1. The van der Waals surface area contributed by atoms with E-state index in [1.807, 2.05) is 0 Å². The average Bonchev–Trinajstić information content (AvgIpc) is 3.26. The fourth-order valence-electron chi connectivity index (χ4n) is 3.05. The predicted molar refractivity (Wildman–Crippen MR) is 98.8 cm³/mol. The highest BCUT2D eigenvalue weighted by Crippen LogP contribution is 2.33. The van der Waals surface area contributed by atoms with Crippen LogP contribution in [0.3, 0.4) is 0 Å². The first-order chi connectivity index (χ1) is 11.8. The van der Waals surface area contributed by atoms with Gasteiger partial charge in [-0.2, -0.15) is 0 Å². The van der Waals surface area contributed by atoms with Crippen molar-refractivity contribution in [2.45, 2.75) is 50.9 Å². The molecule has 3 rings (SSSR count). The first kappa shape index (κ1) is 17.5. The van der Waals surface area contributed by atoms with Gasteiger partial charge in [0.1, 0.15) is 5.69 Å². The fourth-order valence-corrected chi connectivity index (χ4v) is 4.73. The molecule has 2 aromatic heterocycles. The molecule has 1 amide bonds. The summed E-state index contributed by atoms with van der Waals surface area (Å²) in [4.78, 5) is 21.2. The van der Waals surface area contributed by atoms with Gasteiger partial charge in [0.25, 0.3) is 5.91 Å². The van der Waals surface area contributed by atoms with Gasteiger partial charge in [-0.05, 0) is 19.4 Å². The van der Waals surface area contributed by atoms with Crippen LogP contribution in [0.1, 0.15) is 64.2 Å². The van der Waals surface area contributed by atoms with Crippen LogP contribution in [-0.2, 0) is 12.8 Å². The number of hydrogen-bond acceptors (Lipinski definition) is 6. The third kappa shape index (κ3) is 4.62. The molecular formula is C17H24N4OS2. The lowest BCUT2D eigenvalue weighted by Crippen LogP contribution is -2.26. The van der Waals surface area contributed by atoms with Gasteiger partial charge in [0.05, 0.1) is 15.7 Å². The number of hydrogen-bond donors (Lipinski definition) is 2. The van der Waals surface area contributed by atoms with Crippen molar-refractivity contribution in [2.24, 2.45) is 5.73 Å². The molecule has 0 spiro atoms. The van der Waals surface area contributed by atoms with E-state index in [9.17, 15) is 4.79 Å². The topological polar surface area (TPSA) is 80.9 Å². The highest BCUT2D eigenvalue weighted by atomic mass is 32.1. The van der Waals surface area contributed by atoms with E-state index in [4.69, 9.17) is 10.7 Å². The lowest BCUT2D eigenvalue weighted by Gasteiger charge is -2.19. The molecule has 3 N–H and O–H groups in total. The van der Waals surface area contributed by atoms with Gasteiger partial charge >= 0.3 is 0 Å². The van der Waals surface area contributed by atoms with Gasteiger partial charge in [0, 0.05) is 36.1 Å². The number of carbonyl (C=O) groups excluding carboxylic acids is 1. The van der Waals surface area contributed by atoms with E-state index in [0.717, 1.165) is 22.9 Å². The van der Waals surface area contributed by atoms with Crippen LogP contribution in [0.2, 0.25) is 0 Å². The van der Waals surface area contributed by atoms with Crippen LogP contribution in [0.4, 0.5) is 0 Å². The second-order valence-electron chi connectivity index (χ2n) is 6.17. The van der Waals surface area contributed by atoms with E-state index in [1.165, 1.54) is 49.1 Å². The molecule has 0 saturated heterocycles. The first-order valence-electron chi connectivity index (χ1n) is 8.63. The summed E-state index contributed by atoms with van der Waals surface area (Å²) < 4.78 is 0. The standard InChI is InChI=1S/C17H24N4OS2/c18-8-6-15-21-14(11-24-15)17(22)19-9-7-16-20-13(10-23-16)12-4-2-1-3-5-12/h10-12H,1-9,18H2,(H,19,22). The Morgan fingerprint density at radius 2 is 1.88 bits per heavy atom. The highest BCUT2D eigenvalue weighted by molar-refractivity contribution is 7.10. The molecule has 1 aliphatic rings. The number of carbonyl (C=O) groups is 1. The Labute approximate surface area is 150 Å². The Balaban J connectivity index is 1.45. The van der Waals surface area contributed by atoms with Crippen molar-refractivity contribution in [3.8, 4) is 0 Å². The number of nitrogens with two attached hydrogens (primary N) is 1. The quantitative estimate of drug-likeness (QED) is 0.791. The van der Waals surface area contributed by atoms with Crippen LogP contribution in [0.25, 0.3) is 0 Å². The number of rotatable bonds is 7. The van der Waals surface area contributed by atoms with Crippen LogP contribution < -0.4 is 11.1 Å². The molecular weight excluding hydrogens is 340 g/mol. The molecule has 1 aliphatic carbocycles. The van der Waals surface area contributed by atoms with Crippen LogP contribution in [0.5, 0.6) is 0 Å². The lowest BCUT2D eigenvalue weighted by atomic mass is 9.87. The van der Waals surface area contributed by atoms with Crippen molar-refractivity contribution in [3.05, 3.63) is 32.2 Å². The zero-order chi connectivity index (χ0) is 16.8. The third-order valence-corrected chi connectivity index (χ3v) is 6.20. The summed E-state index contributed by atoms with van der Waals surface area (Å²) in [5.41, 5.74) is 7.25. The van der Waals surface area contributed by atoms with Crippen LogP contribution in [0, 0.1) is 0 Å². The minimum absolute atomic E-state index is 0.112. The average molecular weight is 365 g/mol. The van der Waals surface area contributed by atoms with E-state index >= 15 is 0 Å². The molecule has 130 valence electrons. The summed E-state index contributed by atoms with van der Waals surface area (Å²) in [7, 11) is 0. The van der Waals surface area contributed by atoms with Gasteiger partial charge in [-0.1, -0.05) is 19.3 Å². The van der Waals surface area contributed by atoms with Crippen molar-refractivity contribution in [2.75, 3.05) is 13.1 Å². The minimum atomic E-state index is -0.112. The molecule has 0 aromatic carbocycles. The maximum atomic E-state index is 12.1. The summed E-state index contributed by atoms with van der Waals surface area (Å²) in [5.74, 6) is 0.535. The van der Waals surface area contributed by atoms with Crippen LogP contribution in [-0.4, -0.2) is 29.0 Å². The van der Waals surface area contributed by atoms with E-state index < -0.39 is 0 Å². The Hall–Kier alpha value is -1.31. The molecule has 1 fully saturated rings. The van der Waals surface area contributed by atoms with Crippen LogP contribution in [0.15, 0.2) is 10.8 Å². The smallest absolute Gasteiger partial charge is 0.270 e. The second-order valence-corrected chi connectivity index (χ2v) is 8.06.